The summed E-state index contributed by atoms with van der Waals surface area (Å²) in [5.41, 5.74) is 5.76. The molecule has 21 heavy (non-hydrogen) atoms. The largest absolute Gasteiger partial charge is 0.402 e. The maximum absolute atomic E-state index is 11.9. The Balaban J connectivity index is 2.08. The first-order valence-electron chi connectivity index (χ1n) is 6.86. The highest BCUT2D eigenvalue weighted by molar-refractivity contribution is 7.87. The molecule has 0 aromatic heterocycles. The fourth-order valence-electron chi connectivity index (χ4n) is 2.01. The fourth-order valence-corrected chi connectivity index (χ4v) is 2.88. The molecule has 0 aromatic rings. The molecule has 1 aliphatic carbocycles. The lowest BCUT2D eigenvalue weighted by molar-refractivity contribution is -0.121. The number of hydrogen-bond acceptors (Lipinski definition) is 4. The topological polar surface area (TPSA) is 93.4 Å². The van der Waals surface area contributed by atoms with Crippen LogP contribution in [0.4, 0.5) is 13.2 Å². The molecule has 0 aromatic carbocycles. The van der Waals surface area contributed by atoms with Crippen LogP contribution in [0.5, 0.6) is 0 Å². The number of ether oxygens (including phenoxy) is 1. The summed E-state index contributed by atoms with van der Waals surface area (Å²) < 4.78 is 67.1. The Bertz CT molecular complexity index is 395. The number of hydrogen-bond donors (Lipinski definition) is 3. The molecule has 1 saturated carbocycles. The van der Waals surface area contributed by atoms with Crippen molar-refractivity contribution in [2.45, 2.75) is 50.4 Å². The summed E-state index contributed by atoms with van der Waals surface area (Å²) in [5, 5.41) is 0. The van der Waals surface area contributed by atoms with Crippen molar-refractivity contribution in [2.75, 3.05) is 19.7 Å². The third-order valence-corrected chi connectivity index (χ3v) is 4.26. The standard InChI is InChI=1S/C11H22F3N3O3S/c12-11(13,14)8-17-21(18,19)16-6-1-7-20-10-4-2-9(15)3-5-10/h9-10,16-17H,1-8,15H2. The minimum Gasteiger partial charge on any atom is -0.378 e. The quantitative estimate of drug-likeness (QED) is 0.569. The van der Waals surface area contributed by atoms with Crippen molar-refractivity contribution in [2.24, 2.45) is 5.73 Å². The van der Waals surface area contributed by atoms with E-state index in [0.717, 1.165) is 25.7 Å². The van der Waals surface area contributed by atoms with Gasteiger partial charge < -0.3 is 10.5 Å². The van der Waals surface area contributed by atoms with Gasteiger partial charge in [-0.25, -0.2) is 4.72 Å². The molecule has 126 valence electrons. The Morgan fingerprint density at radius 2 is 1.76 bits per heavy atom. The normalized spacial score (nSPS) is 24.2. The summed E-state index contributed by atoms with van der Waals surface area (Å²) in [6.07, 6.45) is -0.420. The molecule has 6 nitrogen and oxygen atoms in total. The van der Waals surface area contributed by atoms with Gasteiger partial charge in [-0.1, -0.05) is 0 Å². The Morgan fingerprint density at radius 3 is 2.33 bits per heavy atom. The van der Waals surface area contributed by atoms with Crippen LogP contribution in [-0.2, 0) is 14.9 Å². The molecule has 1 aliphatic rings. The lowest BCUT2D eigenvalue weighted by Gasteiger charge is -2.26. The van der Waals surface area contributed by atoms with Crippen molar-refractivity contribution in [3.8, 4) is 0 Å². The molecule has 0 unspecified atom stereocenters. The maximum Gasteiger partial charge on any atom is 0.402 e. The van der Waals surface area contributed by atoms with Crippen LogP contribution in [0.2, 0.25) is 0 Å². The first kappa shape index (κ1) is 18.6. The highest BCUT2D eigenvalue weighted by Gasteiger charge is 2.29. The van der Waals surface area contributed by atoms with Crippen LogP contribution in [0.3, 0.4) is 0 Å². The van der Waals surface area contributed by atoms with E-state index in [-0.39, 0.29) is 18.7 Å². The number of halogens is 3. The average molecular weight is 333 g/mol. The zero-order chi connectivity index (χ0) is 15.9. The van der Waals surface area contributed by atoms with Crippen LogP contribution < -0.4 is 15.2 Å². The molecule has 0 atom stereocenters. The Hall–Kier alpha value is -0.420. The smallest absolute Gasteiger partial charge is 0.378 e. The third kappa shape index (κ3) is 9.25. The van der Waals surface area contributed by atoms with Crippen molar-refractivity contribution >= 4 is 10.2 Å². The second-order valence-electron chi connectivity index (χ2n) is 5.10. The molecule has 10 heteroatoms. The van der Waals surface area contributed by atoms with Gasteiger partial charge in [0.15, 0.2) is 0 Å². The number of alkyl halides is 3. The third-order valence-electron chi connectivity index (χ3n) is 3.15. The van der Waals surface area contributed by atoms with E-state index < -0.39 is 22.9 Å². The van der Waals surface area contributed by atoms with E-state index in [1.165, 1.54) is 4.72 Å². The molecule has 0 spiro atoms. The van der Waals surface area contributed by atoms with E-state index in [0.29, 0.717) is 13.0 Å². The fraction of sp³-hybridized carbons (Fsp3) is 1.00. The molecule has 0 bridgehead atoms. The first-order chi connectivity index (χ1) is 9.68. The zero-order valence-corrected chi connectivity index (χ0v) is 12.5. The minimum atomic E-state index is -4.57. The van der Waals surface area contributed by atoms with E-state index >= 15 is 0 Å². The summed E-state index contributed by atoms with van der Waals surface area (Å²) >= 11 is 0. The van der Waals surface area contributed by atoms with Crippen molar-refractivity contribution in [1.82, 2.24) is 9.44 Å². The van der Waals surface area contributed by atoms with Gasteiger partial charge in [-0.3, -0.25) is 0 Å². The molecular weight excluding hydrogens is 311 g/mol. The highest BCUT2D eigenvalue weighted by Crippen LogP contribution is 2.19. The van der Waals surface area contributed by atoms with Gasteiger partial charge in [0.2, 0.25) is 0 Å². The molecule has 0 aliphatic heterocycles. The number of nitrogens with one attached hydrogen (secondary N) is 2. The first-order valence-corrected chi connectivity index (χ1v) is 8.34. The van der Waals surface area contributed by atoms with Crippen LogP contribution in [-0.4, -0.2) is 46.4 Å². The van der Waals surface area contributed by atoms with Crippen LogP contribution >= 0.6 is 0 Å². The zero-order valence-electron chi connectivity index (χ0n) is 11.7. The van der Waals surface area contributed by atoms with Gasteiger partial charge in [0, 0.05) is 19.2 Å². The predicted molar refractivity (Wildman–Crippen MR) is 71.8 cm³/mol. The lowest BCUT2D eigenvalue weighted by atomic mass is 9.94. The average Bonchev–Trinajstić information content (AvgIpc) is 2.38. The van der Waals surface area contributed by atoms with Gasteiger partial charge in [-0.05, 0) is 32.1 Å². The highest BCUT2D eigenvalue weighted by atomic mass is 32.2. The van der Waals surface area contributed by atoms with Gasteiger partial charge in [0.1, 0.15) is 6.54 Å². The minimum absolute atomic E-state index is 0.0272. The lowest BCUT2D eigenvalue weighted by Crippen LogP contribution is -2.42. The summed E-state index contributed by atoms with van der Waals surface area (Å²) in [5.74, 6) is 0. The second kappa shape index (κ2) is 8.28. The van der Waals surface area contributed by atoms with E-state index in [9.17, 15) is 21.6 Å². The molecule has 0 radical (unpaired) electrons. The van der Waals surface area contributed by atoms with Crippen molar-refractivity contribution in [3.63, 3.8) is 0 Å². The Labute approximate surface area is 122 Å². The summed E-state index contributed by atoms with van der Waals surface area (Å²) in [6, 6.07) is 0.233. The van der Waals surface area contributed by atoms with Gasteiger partial charge in [-0.2, -0.15) is 26.3 Å². The van der Waals surface area contributed by atoms with Crippen molar-refractivity contribution in [3.05, 3.63) is 0 Å². The van der Waals surface area contributed by atoms with Gasteiger partial charge >= 0.3 is 6.18 Å². The molecule has 0 heterocycles. The van der Waals surface area contributed by atoms with Crippen molar-refractivity contribution < 1.29 is 26.3 Å². The maximum atomic E-state index is 11.9. The van der Waals surface area contributed by atoms with Crippen LogP contribution in [0.15, 0.2) is 0 Å². The summed E-state index contributed by atoms with van der Waals surface area (Å²) in [7, 11) is -4.12. The number of rotatable bonds is 8. The Morgan fingerprint density at radius 1 is 1.14 bits per heavy atom. The number of nitrogens with two attached hydrogens (primary N) is 1. The van der Waals surface area contributed by atoms with E-state index in [1.807, 2.05) is 4.72 Å². The van der Waals surface area contributed by atoms with Crippen LogP contribution in [0.25, 0.3) is 0 Å². The molecule has 4 N–H and O–H groups in total. The van der Waals surface area contributed by atoms with Gasteiger partial charge in [-0.15, -0.1) is 0 Å². The monoisotopic (exact) mass is 333 g/mol. The second-order valence-corrected chi connectivity index (χ2v) is 6.68. The molecule has 1 fully saturated rings. The van der Waals surface area contributed by atoms with Gasteiger partial charge in [0.05, 0.1) is 6.10 Å². The van der Waals surface area contributed by atoms with Crippen molar-refractivity contribution in [1.29, 1.82) is 0 Å². The Kier molecular flexibility index (Phi) is 7.34. The molecule has 0 amide bonds. The SMILES string of the molecule is NC1CCC(OCCCNS(=O)(=O)NCC(F)(F)F)CC1. The van der Waals surface area contributed by atoms with E-state index in [2.05, 4.69) is 0 Å². The predicted octanol–water partition coefficient (Wildman–Crippen LogP) is 0.649. The molecular formula is C11H22F3N3O3S. The van der Waals surface area contributed by atoms with Crippen LogP contribution in [0, 0.1) is 0 Å². The summed E-state index contributed by atoms with van der Waals surface area (Å²) in [4.78, 5) is 0. The van der Waals surface area contributed by atoms with E-state index in [1.54, 1.807) is 0 Å². The molecule has 0 saturated heterocycles. The van der Waals surface area contributed by atoms with Crippen LogP contribution in [0.1, 0.15) is 32.1 Å². The van der Waals surface area contributed by atoms with Gasteiger partial charge in [0.25, 0.3) is 10.2 Å². The summed E-state index contributed by atoms with van der Waals surface area (Å²) in [6.45, 7) is -1.19. The molecule has 1 rings (SSSR count). The van der Waals surface area contributed by atoms with E-state index in [4.69, 9.17) is 10.5 Å².